The number of benzene rings is 1. The van der Waals surface area contributed by atoms with Gasteiger partial charge in [0, 0.05) is 18.5 Å². The smallest absolute Gasteiger partial charge is 0.249 e. The molecular formula is C18H24N2O3S. The Balaban J connectivity index is 1.96. The van der Waals surface area contributed by atoms with Gasteiger partial charge in [0.2, 0.25) is 5.91 Å². The Hall–Kier alpha value is -1.92. The Morgan fingerprint density at radius 2 is 2.08 bits per heavy atom. The van der Waals surface area contributed by atoms with Gasteiger partial charge in [-0.25, -0.2) is 4.98 Å². The summed E-state index contributed by atoms with van der Waals surface area (Å²) in [4.78, 5) is 18.6. The van der Waals surface area contributed by atoms with Crippen LogP contribution in [0.5, 0.6) is 5.75 Å². The number of hydrogen-bond donors (Lipinski definition) is 0. The largest absolute Gasteiger partial charge is 0.486 e. The summed E-state index contributed by atoms with van der Waals surface area (Å²) in [5.41, 5.74) is 0.886. The Bertz CT molecular complexity index is 630. The molecule has 0 radical (unpaired) electrons. The second-order valence-electron chi connectivity index (χ2n) is 5.55. The average Bonchev–Trinajstić information content (AvgIpc) is 3.06. The zero-order valence-electron chi connectivity index (χ0n) is 14.4. The van der Waals surface area contributed by atoms with Crippen LogP contribution in [-0.2, 0) is 22.7 Å². The van der Waals surface area contributed by atoms with Crippen LogP contribution in [0.3, 0.4) is 0 Å². The summed E-state index contributed by atoms with van der Waals surface area (Å²) in [6.45, 7) is 5.14. The van der Waals surface area contributed by atoms with Crippen LogP contribution >= 0.6 is 11.3 Å². The minimum absolute atomic E-state index is 0.0121. The minimum atomic E-state index is -0.0121. The van der Waals surface area contributed by atoms with Gasteiger partial charge in [-0.15, -0.1) is 11.3 Å². The number of thiazole rings is 1. The molecule has 24 heavy (non-hydrogen) atoms. The molecule has 130 valence electrons. The van der Waals surface area contributed by atoms with E-state index in [2.05, 4.69) is 11.9 Å². The lowest BCUT2D eigenvalue weighted by Crippen LogP contribution is -2.39. The van der Waals surface area contributed by atoms with Crippen LogP contribution in [0, 0.1) is 0 Å². The molecule has 2 aromatic rings. The van der Waals surface area contributed by atoms with Crippen molar-refractivity contribution in [1.82, 2.24) is 9.88 Å². The fourth-order valence-electron chi connectivity index (χ4n) is 2.24. The summed E-state index contributed by atoms with van der Waals surface area (Å²) < 4.78 is 10.7. The molecule has 1 heterocycles. The lowest BCUT2D eigenvalue weighted by Gasteiger charge is -2.27. The van der Waals surface area contributed by atoms with Crippen molar-refractivity contribution in [2.75, 3.05) is 13.7 Å². The molecular weight excluding hydrogens is 324 g/mol. The summed E-state index contributed by atoms with van der Waals surface area (Å²) >= 11 is 1.55. The SMILES string of the molecule is CC[C@H](C)N(Cc1csc(COc2ccccc2)n1)C(=O)COC. The van der Waals surface area contributed by atoms with Crippen LogP contribution in [0.25, 0.3) is 0 Å². The van der Waals surface area contributed by atoms with Gasteiger partial charge in [-0.05, 0) is 25.5 Å². The van der Waals surface area contributed by atoms with Crippen molar-refractivity contribution < 1.29 is 14.3 Å². The summed E-state index contributed by atoms with van der Waals surface area (Å²) in [7, 11) is 1.54. The molecule has 0 saturated carbocycles. The zero-order chi connectivity index (χ0) is 17.4. The topological polar surface area (TPSA) is 51.7 Å². The van der Waals surface area contributed by atoms with Crippen LogP contribution in [0.15, 0.2) is 35.7 Å². The molecule has 0 bridgehead atoms. The highest BCUT2D eigenvalue weighted by molar-refractivity contribution is 7.09. The van der Waals surface area contributed by atoms with E-state index in [4.69, 9.17) is 9.47 Å². The van der Waals surface area contributed by atoms with E-state index in [1.807, 2.05) is 47.5 Å². The number of carbonyl (C=O) groups is 1. The first-order chi connectivity index (χ1) is 11.6. The van der Waals surface area contributed by atoms with Crippen molar-refractivity contribution in [2.24, 2.45) is 0 Å². The van der Waals surface area contributed by atoms with Gasteiger partial charge in [-0.2, -0.15) is 0 Å². The number of rotatable bonds is 9. The van der Waals surface area contributed by atoms with Gasteiger partial charge < -0.3 is 14.4 Å². The maximum absolute atomic E-state index is 12.2. The molecule has 1 atom stereocenters. The summed E-state index contributed by atoms with van der Waals surface area (Å²) in [5.74, 6) is 0.813. The van der Waals surface area contributed by atoms with E-state index in [0.29, 0.717) is 13.2 Å². The summed E-state index contributed by atoms with van der Waals surface area (Å²) in [6, 6.07) is 9.82. The highest BCUT2D eigenvalue weighted by Crippen LogP contribution is 2.17. The van der Waals surface area contributed by atoms with Crippen molar-refractivity contribution in [3.05, 3.63) is 46.4 Å². The van der Waals surface area contributed by atoms with E-state index in [0.717, 1.165) is 22.9 Å². The van der Waals surface area contributed by atoms with Crippen molar-refractivity contribution >= 4 is 17.2 Å². The monoisotopic (exact) mass is 348 g/mol. The Kier molecular flexibility index (Phi) is 7.21. The summed E-state index contributed by atoms with van der Waals surface area (Å²) in [6.07, 6.45) is 0.892. The second-order valence-corrected chi connectivity index (χ2v) is 6.49. The molecule has 0 aliphatic rings. The van der Waals surface area contributed by atoms with Gasteiger partial charge >= 0.3 is 0 Å². The number of ether oxygens (including phenoxy) is 2. The van der Waals surface area contributed by atoms with E-state index in [9.17, 15) is 4.79 Å². The summed E-state index contributed by atoms with van der Waals surface area (Å²) in [5, 5.41) is 2.89. The quantitative estimate of drug-likeness (QED) is 0.696. The molecule has 0 fully saturated rings. The molecule has 0 aliphatic carbocycles. The predicted molar refractivity (Wildman–Crippen MR) is 95.1 cm³/mol. The number of aromatic nitrogens is 1. The van der Waals surface area contributed by atoms with Crippen LogP contribution in [0.2, 0.25) is 0 Å². The van der Waals surface area contributed by atoms with E-state index >= 15 is 0 Å². The number of nitrogens with zero attached hydrogens (tertiary/aromatic N) is 2. The second kappa shape index (κ2) is 9.39. The predicted octanol–water partition coefficient (Wildman–Crippen LogP) is 3.50. The normalized spacial score (nSPS) is 12.0. The number of amides is 1. The number of hydrogen-bond acceptors (Lipinski definition) is 5. The van der Waals surface area contributed by atoms with Crippen LogP contribution in [-0.4, -0.2) is 35.5 Å². The molecule has 0 unspecified atom stereocenters. The maximum atomic E-state index is 12.2. The van der Waals surface area contributed by atoms with Crippen LogP contribution < -0.4 is 4.74 Å². The van der Waals surface area contributed by atoms with Gasteiger partial charge in [-0.3, -0.25) is 4.79 Å². The first kappa shape index (κ1) is 18.4. The molecule has 6 heteroatoms. The lowest BCUT2D eigenvalue weighted by atomic mass is 10.2. The van der Waals surface area contributed by atoms with Crippen molar-refractivity contribution in [3.63, 3.8) is 0 Å². The van der Waals surface area contributed by atoms with Crippen molar-refractivity contribution in [3.8, 4) is 5.75 Å². The molecule has 0 saturated heterocycles. The zero-order valence-corrected chi connectivity index (χ0v) is 15.2. The van der Waals surface area contributed by atoms with Crippen molar-refractivity contribution in [2.45, 2.75) is 39.5 Å². The third-order valence-electron chi connectivity index (χ3n) is 3.75. The number of carbonyl (C=O) groups excluding carboxylic acids is 1. The molecule has 2 rings (SSSR count). The molecule has 1 amide bonds. The van der Waals surface area contributed by atoms with E-state index in [1.165, 1.54) is 7.11 Å². The van der Waals surface area contributed by atoms with Gasteiger partial charge in [0.25, 0.3) is 0 Å². The standard InChI is InChI=1S/C18H24N2O3S/c1-4-14(2)20(18(21)12-22-3)10-15-13-24-17(19-15)11-23-16-8-6-5-7-9-16/h5-9,13-14H,4,10-12H2,1-3H3/t14-/m0/s1. The minimum Gasteiger partial charge on any atom is -0.486 e. The number of para-hydroxylation sites is 1. The van der Waals surface area contributed by atoms with Crippen LogP contribution in [0.1, 0.15) is 31.0 Å². The van der Waals surface area contributed by atoms with E-state index in [1.54, 1.807) is 11.3 Å². The Morgan fingerprint density at radius 1 is 1.33 bits per heavy atom. The molecule has 5 nitrogen and oxygen atoms in total. The maximum Gasteiger partial charge on any atom is 0.249 e. The van der Waals surface area contributed by atoms with Gasteiger partial charge in [0.1, 0.15) is 24.0 Å². The van der Waals surface area contributed by atoms with E-state index < -0.39 is 0 Å². The average molecular weight is 348 g/mol. The van der Waals surface area contributed by atoms with Crippen LogP contribution in [0.4, 0.5) is 0 Å². The first-order valence-corrected chi connectivity index (χ1v) is 8.91. The first-order valence-electron chi connectivity index (χ1n) is 8.03. The fourth-order valence-corrected chi connectivity index (χ4v) is 2.94. The van der Waals surface area contributed by atoms with Gasteiger partial charge in [0.05, 0.1) is 12.2 Å². The third-order valence-corrected chi connectivity index (χ3v) is 4.62. The third kappa shape index (κ3) is 5.32. The Labute approximate surface area is 147 Å². The van der Waals surface area contributed by atoms with Gasteiger partial charge in [-0.1, -0.05) is 25.1 Å². The lowest BCUT2D eigenvalue weighted by molar-refractivity contribution is -0.138. The molecule has 0 spiro atoms. The van der Waals surface area contributed by atoms with Crippen molar-refractivity contribution in [1.29, 1.82) is 0 Å². The van der Waals surface area contributed by atoms with Gasteiger partial charge in [0.15, 0.2) is 0 Å². The molecule has 1 aromatic heterocycles. The molecule has 0 N–H and O–H groups in total. The number of methoxy groups -OCH3 is 1. The fraction of sp³-hybridized carbons (Fsp3) is 0.444. The highest BCUT2D eigenvalue weighted by atomic mass is 32.1. The Morgan fingerprint density at radius 3 is 2.75 bits per heavy atom. The highest BCUT2D eigenvalue weighted by Gasteiger charge is 2.20. The molecule has 0 aliphatic heterocycles. The van der Waals surface area contributed by atoms with E-state index in [-0.39, 0.29) is 18.6 Å². The molecule has 1 aromatic carbocycles.